The second-order valence-electron chi connectivity index (χ2n) is 10.2. The summed E-state index contributed by atoms with van der Waals surface area (Å²) in [6.45, 7) is 5.21. The summed E-state index contributed by atoms with van der Waals surface area (Å²) in [4.78, 5) is 27.0. The first-order valence-corrected chi connectivity index (χ1v) is 12.9. The maximum atomic E-state index is 13.3. The number of aryl methyl sites for hydroxylation is 1. The summed E-state index contributed by atoms with van der Waals surface area (Å²) in [6.07, 6.45) is 1.47. The van der Waals surface area contributed by atoms with Gasteiger partial charge >= 0.3 is 5.97 Å². The van der Waals surface area contributed by atoms with Crippen molar-refractivity contribution < 1.29 is 19.4 Å². The van der Waals surface area contributed by atoms with Crippen molar-refractivity contribution in [3.8, 4) is 0 Å². The summed E-state index contributed by atoms with van der Waals surface area (Å²) in [5.41, 5.74) is 3.57. The molecule has 1 fully saturated rings. The number of carboxylic acids is 1. The molecule has 3 N–H and O–H groups in total. The minimum Gasteiger partial charge on any atom is -0.478 e. The van der Waals surface area contributed by atoms with Gasteiger partial charge in [-0.1, -0.05) is 48.5 Å². The fourth-order valence-corrected chi connectivity index (χ4v) is 5.49. The number of piperidine rings is 1. The van der Waals surface area contributed by atoms with Gasteiger partial charge in [0.05, 0.1) is 23.6 Å². The minimum absolute atomic E-state index is 0.0664. The molecule has 0 saturated carbocycles. The zero-order valence-corrected chi connectivity index (χ0v) is 21.6. The van der Waals surface area contributed by atoms with Crippen LogP contribution in [0.15, 0.2) is 82.0 Å². The van der Waals surface area contributed by atoms with Crippen LogP contribution in [-0.4, -0.2) is 35.9 Å². The van der Waals surface area contributed by atoms with Crippen molar-refractivity contribution in [1.29, 1.82) is 0 Å². The van der Waals surface area contributed by atoms with Crippen molar-refractivity contribution in [1.82, 2.24) is 0 Å². The van der Waals surface area contributed by atoms with E-state index in [0.717, 1.165) is 29.5 Å². The molecule has 3 aromatic carbocycles. The first-order valence-electron chi connectivity index (χ1n) is 12.9. The first kappa shape index (κ1) is 25.5. The van der Waals surface area contributed by atoms with E-state index in [0.29, 0.717) is 35.6 Å². The second kappa shape index (κ2) is 10.3. The highest BCUT2D eigenvalue weighted by Gasteiger charge is 2.36. The van der Waals surface area contributed by atoms with Gasteiger partial charge in [0.15, 0.2) is 11.3 Å². The summed E-state index contributed by atoms with van der Waals surface area (Å²) >= 11 is 0. The number of carboxylic acid groups (broad SMARTS) is 1. The summed E-state index contributed by atoms with van der Waals surface area (Å²) in [5.74, 6) is -0.506. The molecule has 0 bridgehead atoms. The fraction of sp³-hybridized carbons (Fsp3) is 0.290. The van der Waals surface area contributed by atoms with Crippen LogP contribution in [0, 0.1) is 6.92 Å². The van der Waals surface area contributed by atoms with Gasteiger partial charge in [-0.2, -0.15) is 0 Å². The van der Waals surface area contributed by atoms with Gasteiger partial charge in [-0.15, -0.1) is 0 Å². The van der Waals surface area contributed by atoms with E-state index >= 15 is 0 Å². The van der Waals surface area contributed by atoms with Crippen molar-refractivity contribution in [2.45, 2.75) is 38.1 Å². The number of nitrogens with one attached hydrogen (secondary N) is 1. The largest absolute Gasteiger partial charge is 0.478 e. The van der Waals surface area contributed by atoms with Crippen molar-refractivity contribution in [3.05, 3.63) is 105 Å². The highest BCUT2D eigenvalue weighted by Crippen LogP contribution is 2.37. The van der Waals surface area contributed by atoms with Crippen LogP contribution in [0.4, 0.5) is 11.6 Å². The van der Waals surface area contributed by atoms with Gasteiger partial charge in [0.25, 0.3) is 0 Å². The maximum absolute atomic E-state index is 13.3. The number of anilines is 2. The van der Waals surface area contributed by atoms with Crippen LogP contribution < -0.4 is 15.6 Å². The number of nitrogens with zero attached hydrogens (tertiary/aromatic N) is 1. The quantitative estimate of drug-likeness (QED) is 0.300. The lowest BCUT2D eigenvalue weighted by Gasteiger charge is -2.41. The average Bonchev–Trinajstić information content (AvgIpc) is 2.93. The lowest BCUT2D eigenvalue weighted by Crippen LogP contribution is -2.45. The number of hydrogen-bond acceptors (Lipinski definition) is 6. The van der Waals surface area contributed by atoms with E-state index in [4.69, 9.17) is 4.42 Å². The monoisotopic (exact) mass is 512 g/mol. The number of rotatable bonds is 7. The SMILES string of the molecule is Cc1cc(C(C)Nc2ccccc2C(=O)O)c2oc(N3CCC(CO)(c4ccccc4)CC3)cc(=O)c2c1. The van der Waals surface area contributed by atoms with Gasteiger partial charge in [-0.3, -0.25) is 4.79 Å². The van der Waals surface area contributed by atoms with Crippen LogP contribution in [0.1, 0.15) is 52.9 Å². The number of aliphatic hydroxyl groups excluding tert-OH is 1. The third-order valence-electron chi connectivity index (χ3n) is 7.71. The van der Waals surface area contributed by atoms with Gasteiger partial charge in [-0.25, -0.2) is 4.79 Å². The number of carbonyl (C=O) groups is 1. The lowest BCUT2D eigenvalue weighted by atomic mass is 9.73. The predicted octanol–water partition coefficient (Wildman–Crippen LogP) is 5.50. The van der Waals surface area contributed by atoms with Crippen LogP contribution in [0.2, 0.25) is 0 Å². The highest BCUT2D eigenvalue weighted by atomic mass is 16.4. The fourth-order valence-electron chi connectivity index (χ4n) is 5.49. The Balaban J connectivity index is 1.48. The molecule has 5 rings (SSSR count). The maximum Gasteiger partial charge on any atom is 0.337 e. The third-order valence-corrected chi connectivity index (χ3v) is 7.71. The molecule has 1 atom stereocenters. The number of benzene rings is 3. The van der Waals surface area contributed by atoms with E-state index in [9.17, 15) is 19.8 Å². The normalized spacial score (nSPS) is 15.8. The molecule has 2 heterocycles. The van der Waals surface area contributed by atoms with Crippen molar-refractivity contribution in [3.63, 3.8) is 0 Å². The van der Waals surface area contributed by atoms with Crippen molar-refractivity contribution >= 4 is 28.5 Å². The summed E-state index contributed by atoms with van der Waals surface area (Å²) in [6, 6.07) is 21.9. The standard InChI is InChI=1S/C31H32N2O5/c1-20-16-24(21(2)32-26-11-7-6-10-23(26)30(36)37)29-25(17-20)27(35)18-28(38-29)33-14-12-31(19-34,13-15-33)22-8-4-3-5-9-22/h3-11,16-18,21,32,34H,12-15,19H2,1-2H3,(H,36,37). The molecule has 0 radical (unpaired) electrons. The topological polar surface area (TPSA) is 103 Å². The van der Waals surface area contributed by atoms with E-state index in [-0.39, 0.29) is 29.1 Å². The number of para-hydroxylation sites is 1. The molecular weight excluding hydrogens is 480 g/mol. The predicted molar refractivity (Wildman–Crippen MR) is 149 cm³/mol. The van der Waals surface area contributed by atoms with Crippen LogP contribution in [0.3, 0.4) is 0 Å². The smallest absolute Gasteiger partial charge is 0.337 e. The summed E-state index contributed by atoms with van der Waals surface area (Å²) in [5, 5.41) is 23.7. The Hall–Kier alpha value is -4.10. The van der Waals surface area contributed by atoms with Gasteiger partial charge in [0, 0.05) is 35.8 Å². The van der Waals surface area contributed by atoms with E-state index < -0.39 is 5.97 Å². The van der Waals surface area contributed by atoms with E-state index in [2.05, 4.69) is 22.3 Å². The molecule has 4 aromatic rings. The Morgan fingerprint density at radius 3 is 2.42 bits per heavy atom. The number of aromatic carboxylic acids is 1. The zero-order chi connectivity index (χ0) is 26.9. The molecule has 7 nitrogen and oxygen atoms in total. The molecule has 0 aliphatic carbocycles. The summed E-state index contributed by atoms with van der Waals surface area (Å²) in [7, 11) is 0. The lowest BCUT2D eigenvalue weighted by molar-refractivity contribution is 0.0698. The Morgan fingerprint density at radius 1 is 1.05 bits per heavy atom. The first-order chi connectivity index (χ1) is 18.3. The number of aliphatic hydroxyl groups is 1. The van der Waals surface area contributed by atoms with Crippen molar-refractivity contribution in [2.24, 2.45) is 0 Å². The van der Waals surface area contributed by atoms with Gasteiger partial charge in [0.1, 0.15) is 5.58 Å². The molecule has 1 aliphatic rings. The Kier molecular flexibility index (Phi) is 6.95. The Bertz CT molecular complexity index is 1520. The third kappa shape index (κ3) is 4.77. The van der Waals surface area contributed by atoms with Crippen LogP contribution in [-0.2, 0) is 5.41 Å². The van der Waals surface area contributed by atoms with E-state index in [1.807, 2.05) is 44.2 Å². The molecule has 1 aliphatic heterocycles. The van der Waals surface area contributed by atoms with E-state index in [1.54, 1.807) is 30.3 Å². The van der Waals surface area contributed by atoms with Gasteiger partial charge in [-0.05, 0) is 56.0 Å². The molecule has 7 heteroatoms. The van der Waals surface area contributed by atoms with E-state index in [1.165, 1.54) is 0 Å². The molecular formula is C31H32N2O5. The Morgan fingerprint density at radius 2 is 1.74 bits per heavy atom. The van der Waals surface area contributed by atoms with Gasteiger partial charge < -0.3 is 24.8 Å². The van der Waals surface area contributed by atoms with Crippen molar-refractivity contribution in [2.75, 3.05) is 29.9 Å². The highest BCUT2D eigenvalue weighted by molar-refractivity contribution is 5.94. The molecule has 196 valence electrons. The van der Waals surface area contributed by atoms with Crippen LogP contribution in [0.5, 0.6) is 0 Å². The number of fused-ring (bicyclic) bond motifs is 1. The second-order valence-corrected chi connectivity index (χ2v) is 10.2. The minimum atomic E-state index is -1.01. The zero-order valence-electron chi connectivity index (χ0n) is 21.6. The van der Waals surface area contributed by atoms with Gasteiger partial charge in [0.2, 0.25) is 0 Å². The molecule has 1 aromatic heterocycles. The van der Waals surface area contributed by atoms with Crippen LogP contribution >= 0.6 is 0 Å². The molecule has 0 spiro atoms. The Labute approximate surface area is 221 Å². The van der Waals surface area contributed by atoms with Crippen LogP contribution in [0.25, 0.3) is 11.0 Å². The summed E-state index contributed by atoms with van der Waals surface area (Å²) < 4.78 is 6.42. The molecule has 38 heavy (non-hydrogen) atoms. The molecule has 0 amide bonds. The molecule has 1 saturated heterocycles. The molecule has 1 unspecified atom stereocenters. The average molecular weight is 513 g/mol. The number of hydrogen-bond donors (Lipinski definition) is 3.